The van der Waals surface area contributed by atoms with E-state index in [0.717, 1.165) is 34.5 Å². The summed E-state index contributed by atoms with van der Waals surface area (Å²) in [7, 11) is 1.63. The van der Waals surface area contributed by atoms with Gasteiger partial charge in [0.2, 0.25) is 0 Å². The predicted molar refractivity (Wildman–Crippen MR) is 94.7 cm³/mol. The molecule has 2 rings (SSSR count). The average molecular weight is 310 g/mol. The van der Waals surface area contributed by atoms with Gasteiger partial charge in [-0.1, -0.05) is 37.3 Å². The maximum absolute atomic E-state index is 12.0. The van der Waals surface area contributed by atoms with Crippen LogP contribution in [0.15, 0.2) is 48.7 Å². The molecule has 0 radical (unpaired) electrons. The van der Waals surface area contributed by atoms with Crippen LogP contribution in [-0.2, 0) is 6.42 Å². The lowest BCUT2D eigenvalue weighted by Gasteiger charge is -2.12. The highest BCUT2D eigenvalue weighted by molar-refractivity contribution is 5.92. The lowest BCUT2D eigenvalue weighted by atomic mass is 10.1. The lowest BCUT2D eigenvalue weighted by Crippen LogP contribution is -2.24. The summed E-state index contributed by atoms with van der Waals surface area (Å²) >= 11 is 0. The number of methoxy groups -OCH3 is 1. The van der Waals surface area contributed by atoms with Crippen molar-refractivity contribution in [3.63, 3.8) is 0 Å². The monoisotopic (exact) mass is 310 g/mol. The molecular weight excluding hydrogens is 288 g/mol. The normalized spacial score (nSPS) is 10.6. The molecule has 0 bridgehead atoms. The third kappa shape index (κ3) is 4.61. The Morgan fingerprint density at radius 3 is 2.74 bits per heavy atom. The fourth-order valence-corrected chi connectivity index (χ4v) is 2.31. The Kier molecular flexibility index (Phi) is 5.80. The standard InChI is InChI=1S/C19H22N2O2/c1-4-16-9-5-7-14(2)18(16)21-19(22)20-12-11-15-8-6-10-17(13-15)23-3/h5-13H,4H2,1-3H3,(H2,20,21,22)/b12-11+. The Balaban J connectivity index is 1.99. The molecule has 2 amide bonds. The fraction of sp³-hybridized carbons (Fsp3) is 0.211. The van der Waals surface area contributed by atoms with E-state index in [0.29, 0.717) is 0 Å². The van der Waals surface area contributed by atoms with Gasteiger partial charge in [0.05, 0.1) is 7.11 Å². The van der Waals surface area contributed by atoms with Crippen LogP contribution in [0.5, 0.6) is 5.75 Å². The van der Waals surface area contributed by atoms with Gasteiger partial charge in [0.25, 0.3) is 0 Å². The van der Waals surface area contributed by atoms with Crippen LogP contribution in [0.2, 0.25) is 0 Å². The summed E-state index contributed by atoms with van der Waals surface area (Å²) in [5, 5.41) is 5.64. The Bertz CT molecular complexity index is 708. The maximum atomic E-state index is 12.0. The molecule has 2 aromatic carbocycles. The van der Waals surface area contributed by atoms with E-state index in [9.17, 15) is 4.79 Å². The first-order chi connectivity index (χ1) is 11.1. The first-order valence-electron chi connectivity index (χ1n) is 7.60. The number of anilines is 1. The van der Waals surface area contributed by atoms with Crippen LogP contribution in [-0.4, -0.2) is 13.1 Å². The van der Waals surface area contributed by atoms with Crippen molar-refractivity contribution in [3.05, 3.63) is 65.4 Å². The van der Waals surface area contributed by atoms with Crippen molar-refractivity contribution in [3.8, 4) is 5.75 Å². The van der Waals surface area contributed by atoms with Gasteiger partial charge < -0.3 is 15.4 Å². The van der Waals surface area contributed by atoms with Crippen LogP contribution >= 0.6 is 0 Å². The third-order valence-electron chi connectivity index (χ3n) is 3.56. The van der Waals surface area contributed by atoms with E-state index in [2.05, 4.69) is 17.6 Å². The molecule has 4 nitrogen and oxygen atoms in total. The number of benzene rings is 2. The molecule has 0 atom stereocenters. The van der Waals surface area contributed by atoms with E-state index >= 15 is 0 Å². The van der Waals surface area contributed by atoms with Crippen LogP contribution in [0, 0.1) is 6.92 Å². The van der Waals surface area contributed by atoms with Crippen molar-refractivity contribution in [2.45, 2.75) is 20.3 Å². The lowest BCUT2D eigenvalue weighted by molar-refractivity contribution is 0.255. The number of urea groups is 1. The zero-order valence-corrected chi connectivity index (χ0v) is 13.7. The van der Waals surface area contributed by atoms with Gasteiger partial charge in [-0.15, -0.1) is 0 Å². The fourth-order valence-electron chi connectivity index (χ4n) is 2.31. The Hall–Kier alpha value is -2.75. The zero-order chi connectivity index (χ0) is 16.7. The topological polar surface area (TPSA) is 50.4 Å². The summed E-state index contributed by atoms with van der Waals surface area (Å²) in [6.45, 7) is 4.06. The number of nitrogens with one attached hydrogen (secondary N) is 2. The van der Waals surface area contributed by atoms with E-state index in [1.54, 1.807) is 13.3 Å². The minimum absolute atomic E-state index is 0.256. The minimum atomic E-state index is -0.256. The number of carbonyl (C=O) groups is 1. The number of para-hydroxylation sites is 1. The molecule has 0 aliphatic rings. The number of carbonyl (C=O) groups excluding carboxylic acids is 1. The molecule has 2 N–H and O–H groups in total. The molecule has 0 spiro atoms. The van der Waals surface area contributed by atoms with Crippen LogP contribution in [0.4, 0.5) is 10.5 Å². The first-order valence-corrected chi connectivity index (χ1v) is 7.60. The summed E-state index contributed by atoms with van der Waals surface area (Å²) in [6, 6.07) is 13.4. The Labute approximate surface area is 137 Å². The van der Waals surface area contributed by atoms with Crippen LogP contribution in [0.3, 0.4) is 0 Å². The van der Waals surface area contributed by atoms with Crippen molar-refractivity contribution >= 4 is 17.8 Å². The van der Waals surface area contributed by atoms with E-state index in [1.165, 1.54) is 0 Å². The molecule has 0 saturated carbocycles. The van der Waals surface area contributed by atoms with Crippen molar-refractivity contribution in [2.24, 2.45) is 0 Å². The average Bonchev–Trinajstić information content (AvgIpc) is 2.57. The van der Waals surface area contributed by atoms with E-state index in [4.69, 9.17) is 4.74 Å². The summed E-state index contributed by atoms with van der Waals surface area (Å²) in [4.78, 5) is 12.0. The number of amides is 2. The number of ether oxygens (including phenoxy) is 1. The molecule has 0 heterocycles. The largest absolute Gasteiger partial charge is 0.497 e. The SMILES string of the molecule is CCc1cccc(C)c1NC(=O)N/C=C/c1cccc(OC)c1. The van der Waals surface area contributed by atoms with E-state index < -0.39 is 0 Å². The van der Waals surface area contributed by atoms with Crippen LogP contribution in [0.1, 0.15) is 23.6 Å². The second kappa shape index (κ2) is 8.03. The summed E-state index contributed by atoms with van der Waals surface area (Å²) in [5.41, 5.74) is 4.00. The van der Waals surface area contributed by atoms with Crippen LogP contribution in [0.25, 0.3) is 6.08 Å². The molecule has 0 aliphatic carbocycles. The van der Waals surface area contributed by atoms with Gasteiger partial charge in [0, 0.05) is 11.9 Å². The molecular formula is C19H22N2O2. The highest BCUT2D eigenvalue weighted by Gasteiger charge is 2.07. The Morgan fingerprint density at radius 1 is 1.22 bits per heavy atom. The second-order valence-corrected chi connectivity index (χ2v) is 5.17. The molecule has 120 valence electrons. The highest BCUT2D eigenvalue weighted by atomic mass is 16.5. The summed E-state index contributed by atoms with van der Waals surface area (Å²) in [6.07, 6.45) is 4.31. The maximum Gasteiger partial charge on any atom is 0.323 e. The van der Waals surface area contributed by atoms with Gasteiger partial charge in [0.15, 0.2) is 0 Å². The van der Waals surface area contributed by atoms with E-state index in [-0.39, 0.29) is 6.03 Å². The Morgan fingerprint density at radius 2 is 2.00 bits per heavy atom. The number of rotatable bonds is 5. The molecule has 23 heavy (non-hydrogen) atoms. The second-order valence-electron chi connectivity index (χ2n) is 5.17. The molecule has 2 aromatic rings. The molecule has 4 heteroatoms. The van der Waals surface area contributed by atoms with Gasteiger partial charge in [-0.2, -0.15) is 0 Å². The molecule has 0 aliphatic heterocycles. The van der Waals surface area contributed by atoms with Gasteiger partial charge in [0.1, 0.15) is 5.75 Å². The van der Waals surface area contributed by atoms with Crippen molar-refractivity contribution < 1.29 is 9.53 Å². The number of aryl methyl sites for hydroxylation is 2. The third-order valence-corrected chi connectivity index (χ3v) is 3.56. The summed E-state index contributed by atoms with van der Waals surface area (Å²) < 4.78 is 5.17. The summed E-state index contributed by atoms with van der Waals surface area (Å²) in [5.74, 6) is 0.782. The quantitative estimate of drug-likeness (QED) is 0.862. The minimum Gasteiger partial charge on any atom is -0.497 e. The molecule has 0 fully saturated rings. The number of hydrogen-bond acceptors (Lipinski definition) is 2. The van der Waals surface area contributed by atoms with Crippen molar-refractivity contribution in [1.82, 2.24) is 5.32 Å². The first kappa shape index (κ1) is 16.6. The van der Waals surface area contributed by atoms with Gasteiger partial charge in [-0.05, 0) is 48.2 Å². The molecule has 0 unspecified atom stereocenters. The van der Waals surface area contributed by atoms with Crippen LogP contribution < -0.4 is 15.4 Å². The molecule has 0 saturated heterocycles. The van der Waals surface area contributed by atoms with Crippen molar-refractivity contribution in [2.75, 3.05) is 12.4 Å². The van der Waals surface area contributed by atoms with Gasteiger partial charge >= 0.3 is 6.03 Å². The predicted octanol–water partition coefficient (Wildman–Crippen LogP) is 4.36. The highest BCUT2D eigenvalue weighted by Crippen LogP contribution is 2.20. The number of hydrogen-bond donors (Lipinski definition) is 2. The van der Waals surface area contributed by atoms with Crippen molar-refractivity contribution in [1.29, 1.82) is 0 Å². The van der Waals surface area contributed by atoms with E-state index in [1.807, 2.05) is 55.5 Å². The van der Waals surface area contributed by atoms with Gasteiger partial charge in [-0.3, -0.25) is 0 Å². The zero-order valence-electron chi connectivity index (χ0n) is 13.7. The molecule has 0 aromatic heterocycles. The van der Waals surface area contributed by atoms with Gasteiger partial charge in [-0.25, -0.2) is 4.79 Å². The smallest absolute Gasteiger partial charge is 0.323 e.